The van der Waals surface area contributed by atoms with Crippen LogP contribution in [0.1, 0.15) is 31.2 Å². The lowest BCUT2D eigenvalue weighted by Crippen LogP contribution is -2.50. The van der Waals surface area contributed by atoms with Crippen molar-refractivity contribution in [3.05, 3.63) is 30.1 Å². The van der Waals surface area contributed by atoms with Crippen LogP contribution in [0.15, 0.2) is 24.5 Å². The maximum atomic E-state index is 12.6. The van der Waals surface area contributed by atoms with E-state index in [9.17, 15) is 4.79 Å². The fourth-order valence-electron chi connectivity index (χ4n) is 3.59. The van der Waals surface area contributed by atoms with E-state index in [2.05, 4.69) is 16.0 Å². The van der Waals surface area contributed by atoms with Crippen molar-refractivity contribution in [1.82, 2.24) is 14.8 Å². The van der Waals surface area contributed by atoms with Crippen LogP contribution in [-0.4, -0.2) is 52.9 Å². The summed E-state index contributed by atoms with van der Waals surface area (Å²) in [6, 6.07) is 4.30. The van der Waals surface area contributed by atoms with Crippen molar-refractivity contribution in [1.29, 1.82) is 0 Å². The minimum absolute atomic E-state index is 0.161. The van der Waals surface area contributed by atoms with Gasteiger partial charge in [-0.25, -0.2) is 0 Å². The normalized spacial score (nSPS) is 26.9. The Morgan fingerprint density at radius 1 is 1.27 bits per heavy atom. The van der Waals surface area contributed by atoms with Crippen molar-refractivity contribution < 1.29 is 4.79 Å². The van der Waals surface area contributed by atoms with Crippen molar-refractivity contribution >= 4 is 5.91 Å². The van der Waals surface area contributed by atoms with Gasteiger partial charge in [0.15, 0.2) is 0 Å². The number of carbonyl (C=O) groups excluding carboxylic acids is 1. The van der Waals surface area contributed by atoms with Crippen LogP contribution in [0.4, 0.5) is 0 Å². The van der Waals surface area contributed by atoms with Gasteiger partial charge in [-0.2, -0.15) is 0 Å². The summed E-state index contributed by atoms with van der Waals surface area (Å²) in [6.07, 6.45) is 7.77. The average molecular weight is 302 g/mol. The molecule has 0 aromatic carbocycles. The molecule has 1 aromatic rings. The van der Waals surface area contributed by atoms with Gasteiger partial charge in [0.1, 0.15) is 0 Å². The summed E-state index contributed by atoms with van der Waals surface area (Å²) in [5.41, 5.74) is 7.25. The van der Waals surface area contributed by atoms with E-state index in [4.69, 9.17) is 5.73 Å². The van der Waals surface area contributed by atoms with Crippen LogP contribution in [0, 0.1) is 5.92 Å². The monoisotopic (exact) mass is 302 g/mol. The lowest BCUT2D eigenvalue weighted by molar-refractivity contribution is -0.138. The van der Waals surface area contributed by atoms with Crippen molar-refractivity contribution in [3.8, 4) is 0 Å². The molecule has 2 unspecified atom stereocenters. The Morgan fingerprint density at radius 3 is 2.77 bits per heavy atom. The molecule has 5 nitrogen and oxygen atoms in total. The highest BCUT2D eigenvalue weighted by Gasteiger charge is 2.30. The number of nitrogens with two attached hydrogens (primary N) is 1. The van der Waals surface area contributed by atoms with Crippen LogP contribution in [0.2, 0.25) is 0 Å². The van der Waals surface area contributed by atoms with Gasteiger partial charge in [-0.05, 0) is 30.9 Å². The van der Waals surface area contributed by atoms with Gasteiger partial charge in [0.2, 0.25) is 5.91 Å². The SMILES string of the molecule is NC1CCCC(C(=O)N2CCN(Cc3cccnc3)CC2)C1. The number of amides is 1. The third-order valence-corrected chi connectivity index (χ3v) is 4.88. The molecule has 1 amide bonds. The van der Waals surface area contributed by atoms with E-state index < -0.39 is 0 Å². The molecular weight excluding hydrogens is 276 g/mol. The van der Waals surface area contributed by atoms with E-state index in [0.29, 0.717) is 5.91 Å². The first-order chi connectivity index (χ1) is 10.7. The molecule has 2 N–H and O–H groups in total. The fraction of sp³-hybridized carbons (Fsp3) is 0.647. The highest BCUT2D eigenvalue weighted by molar-refractivity contribution is 5.79. The quantitative estimate of drug-likeness (QED) is 0.912. The van der Waals surface area contributed by atoms with Gasteiger partial charge in [0.05, 0.1) is 0 Å². The van der Waals surface area contributed by atoms with E-state index in [1.54, 1.807) is 6.20 Å². The number of pyridine rings is 1. The molecule has 0 radical (unpaired) electrons. The fourth-order valence-corrected chi connectivity index (χ4v) is 3.59. The van der Waals surface area contributed by atoms with Crippen molar-refractivity contribution in [2.24, 2.45) is 11.7 Å². The topological polar surface area (TPSA) is 62.5 Å². The number of hydrogen-bond donors (Lipinski definition) is 1. The molecule has 1 aliphatic heterocycles. The highest BCUT2D eigenvalue weighted by Crippen LogP contribution is 2.25. The zero-order chi connectivity index (χ0) is 15.4. The van der Waals surface area contributed by atoms with Crippen LogP contribution in [0.3, 0.4) is 0 Å². The van der Waals surface area contributed by atoms with E-state index in [1.807, 2.05) is 17.2 Å². The Hall–Kier alpha value is -1.46. The summed E-state index contributed by atoms with van der Waals surface area (Å²) >= 11 is 0. The second-order valence-electron chi connectivity index (χ2n) is 6.59. The van der Waals surface area contributed by atoms with Crippen LogP contribution in [0.5, 0.6) is 0 Å². The lowest BCUT2D eigenvalue weighted by Gasteiger charge is -2.37. The predicted molar refractivity (Wildman–Crippen MR) is 86.0 cm³/mol. The molecule has 3 rings (SSSR count). The summed E-state index contributed by atoms with van der Waals surface area (Å²) in [6.45, 7) is 4.48. The molecule has 1 aliphatic carbocycles. The molecule has 0 spiro atoms. The van der Waals surface area contributed by atoms with E-state index in [0.717, 1.165) is 58.4 Å². The third kappa shape index (κ3) is 3.84. The summed E-state index contributed by atoms with van der Waals surface area (Å²) in [5, 5.41) is 0. The van der Waals surface area contributed by atoms with Gasteiger partial charge in [0, 0.05) is 57.1 Å². The second kappa shape index (κ2) is 7.20. The maximum absolute atomic E-state index is 12.6. The molecule has 1 saturated heterocycles. The van der Waals surface area contributed by atoms with Crippen LogP contribution in [0.25, 0.3) is 0 Å². The number of rotatable bonds is 3. The molecule has 2 heterocycles. The third-order valence-electron chi connectivity index (χ3n) is 4.88. The summed E-state index contributed by atoms with van der Waals surface area (Å²) in [7, 11) is 0. The van der Waals surface area contributed by atoms with Gasteiger partial charge in [-0.1, -0.05) is 12.5 Å². The number of nitrogens with zero attached hydrogens (tertiary/aromatic N) is 3. The lowest BCUT2D eigenvalue weighted by atomic mass is 9.85. The summed E-state index contributed by atoms with van der Waals surface area (Å²) < 4.78 is 0. The van der Waals surface area contributed by atoms with Gasteiger partial charge >= 0.3 is 0 Å². The minimum Gasteiger partial charge on any atom is -0.340 e. The first-order valence-corrected chi connectivity index (χ1v) is 8.38. The standard InChI is InChI=1S/C17H26N4O/c18-16-5-1-4-15(11-16)17(22)21-9-7-20(8-10-21)13-14-3-2-6-19-12-14/h2-3,6,12,15-16H,1,4-5,7-11,13,18H2. The Bertz CT molecular complexity index is 485. The first-order valence-electron chi connectivity index (χ1n) is 8.38. The van der Waals surface area contributed by atoms with Gasteiger partial charge in [0.25, 0.3) is 0 Å². The Labute approximate surface area is 132 Å². The molecule has 1 aromatic heterocycles. The van der Waals surface area contributed by atoms with Gasteiger partial charge in [-0.15, -0.1) is 0 Å². The minimum atomic E-state index is 0.161. The summed E-state index contributed by atoms with van der Waals surface area (Å²) in [5.74, 6) is 0.491. The number of carbonyl (C=O) groups is 1. The molecule has 2 aliphatic rings. The second-order valence-corrected chi connectivity index (χ2v) is 6.59. The van der Waals surface area contributed by atoms with Crippen molar-refractivity contribution in [3.63, 3.8) is 0 Å². The van der Waals surface area contributed by atoms with Crippen LogP contribution < -0.4 is 5.73 Å². The molecule has 120 valence electrons. The molecule has 2 fully saturated rings. The molecular formula is C17H26N4O. The molecule has 22 heavy (non-hydrogen) atoms. The van der Waals surface area contributed by atoms with Crippen molar-refractivity contribution in [2.75, 3.05) is 26.2 Å². The van der Waals surface area contributed by atoms with Crippen molar-refractivity contribution in [2.45, 2.75) is 38.3 Å². The maximum Gasteiger partial charge on any atom is 0.225 e. The highest BCUT2D eigenvalue weighted by atomic mass is 16.2. The Kier molecular flexibility index (Phi) is 5.05. The molecule has 2 atom stereocenters. The Balaban J connectivity index is 1.48. The number of hydrogen-bond acceptors (Lipinski definition) is 4. The molecule has 5 heteroatoms. The van der Waals surface area contributed by atoms with E-state index >= 15 is 0 Å². The first kappa shape index (κ1) is 15.4. The molecule has 0 bridgehead atoms. The van der Waals surface area contributed by atoms with Gasteiger partial charge < -0.3 is 10.6 Å². The zero-order valence-electron chi connectivity index (χ0n) is 13.2. The van der Waals surface area contributed by atoms with E-state index in [-0.39, 0.29) is 12.0 Å². The van der Waals surface area contributed by atoms with Crippen LogP contribution in [-0.2, 0) is 11.3 Å². The van der Waals surface area contributed by atoms with E-state index in [1.165, 1.54) is 5.56 Å². The summed E-state index contributed by atoms with van der Waals surface area (Å²) in [4.78, 5) is 21.2. The average Bonchev–Trinajstić information content (AvgIpc) is 2.56. The number of piperazine rings is 1. The van der Waals surface area contributed by atoms with Gasteiger partial charge in [-0.3, -0.25) is 14.7 Å². The number of aromatic nitrogens is 1. The predicted octanol–water partition coefficient (Wildman–Crippen LogP) is 1.24. The smallest absolute Gasteiger partial charge is 0.225 e. The largest absolute Gasteiger partial charge is 0.340 e. The van der Waals surface area contributed by atoms with Crippen LogP contribution >= 0.6 is 0 Å². The Morgan fingerprint density at radius 2 is 2.09 bits per heavy atom. The molecule has 1 saturated carbocycles. The zero-order valence-corrected chi connectivity index (χ0v) is 13.2.